The van der Waals surface area contributed by atoms with Crippen molar-refractivity contribution in [3.8, 4) is 5.75 Å². The third kappa shape index (κ3) is 5.93. The molecule has 0 radical (unpaired) electrons. The van der Waals surface area contributed by atoms with Gasteiger partial charge in [0.2, 0.25) is 16.0 Å². The number of carbonyl (C=O) groups is 1. The van der Waals surface area contributed by atoms with E-state index in [-0.39, 0.29) is 22.9 Å². The Labute approximate surface area is 190 Å². The molecule has 1 aromatic carbocycles. The maximum absolute atomic E-state index is 12.5. The zero-order chi connectivity index (χ0) is 23.1. The van der Waals surface area contributed by atoms with Crippen LogP contribution in [0, 0.1) is 6.92 Å². The van der Waals surface area contributed by atoms with Crippen molar-refractivity contribution >= 4 is 44.8 Å². The zero-order valence-corrected chi connectivity index (χ0v) is 19.3. The number of aromatic nitrogens is 2. The second kappa shape index (κ2) is 10.4. The van der Waals surface area contributed by atoms with Crippen LogP contribution in [0.5, 0.6) is 5.75 Å². The van der Waals surface area contributed by atoms with Crippen LogP contribution in [0.2, 0.25) is 0 Å². The van der Waals surface area contributed by atoms with Gasteiger partial charge in [0.15, 0.2) is 0 Å². The van der Waals surface area contributed by atoms with Gasteiger partial charge >= 0.3 is 5.97 Å². The molecule has 0 saturated carbocycles. The molecule has 0 unspecified atom stereocenters. The highest BCUT2D eigenvalue weighted by Gasteiger charge is 2.24. The number of sulfonamides is 1. The number of benzene rings is 1. The Bertz CT molecular complexity index is 1180. The van der Waals surface area contributed by atoms with Gasteiger partial charge in [0.25, 0.3) is 0 Å². The van der Waals surface area contributed by atoms with Crippen LogP contribution in [0.4, 0.5) is 17.5 Å². The minimum Gasteiger partial charge on any atom is -0.497 e. The summed E-state index contributed by atoms with van der Waals surface area (Å²) in [5, 5.41) is 7.71. The van der Waals surface area contributed by atoms with Crippen molar-refractivity contribution in [1.82, 2.24) is 14.7 Å². The first-order chi connectivity index (χ1) is 15.3. The average molecular weight is 478 g/mol. The molecular weight excluding hydrogens is 454 g/mol. The summed E-state index contributed by atoms with van der Waals surface area (Å²) in [4.78, 5) is 20.4. The molecule has 3 N–H and O–H groups in total. The lowest BCUT2D eigenvalue weighted by Crippen LogP contribution is -2.30. The highest BCUT2D eigenvalue weighted by atomic mass is 32.2. The van der Waals surface area contributed by atoms with Gasteiger partial charge in [0.1, 0.15) is 21.3 Å². The van der Waals surface area contributed by atoms with Crippen molar-refractivity contribution in [2.24, 2.45) is 0 Å². The van der Waals surface area contributed by atoms with Gasteiger partial charge in [-0.05, 0) is 42.6 Å². The molecule has 3 rings (SSSR count). The number of carbonyl (C=O) groups excluding carboxylic acids is 1. The van der Waals surface area contributed by atoms with Crippen molar-refractivity contribution in [2.45, 2.75) is 11.8 Å². The van der Waals surface area contributed by atoms with E-state index in [1.54, 1.807) is 13.2 Å². The van der Waals surface area contributed by atoms with Crippen LogP contribution < -0.4 is 20.1 Å². The van der Waals surface area contributed by atoms with E-state index in [2.05, 4.69) is 30.1 Å². The molecule has 2 aromatic heterocycles. The number of nitrogens with one attached hydrogen (secondary N) is 3. The van der Waals surface area contributed by atoms with Crippen molar-refractivity contribution in [3.05, 3.63) is 52.3 Å². The van der Waals surface area contributed by atoms with Gasteiger partial charge in [-0.25, -0.2) is 22.9 Å². The van der Waals surface area contributed by atoms with Crippen LogP contribution in [-0.4, -0.2) is 51.7 Å². The van der Waals surface area contributed by atoms with Gasteiger partial charge in [-0.1, -0.05) is 0 Å². The molecule has 12 heteroatoms. The largest absolute Gasteiger partial charge is 0.497 e. The fraction of sp³-hybridized carbons (Fsp3) is 0.250. The summed E-state index contributed by atoms with van der Waals surface area (Å²) >= 11 is 1.01. The van der Waals surface area contributed by atoms with E-state index in [0.29, 0.717) is 11.8 Å². The Hall–Kier alpha value is -3.22. The predicted molar refractivity (Wildman–Crippen MR) is 122 cm³/mol. The van der Waals surface area contributed by atoms with E-state index >= 15 is 0 Å². The third-order valence-corrected chi connectivity index (χ3v) is 6.73. The molecule has 0 saturated heterocycles. The Morgan fingerprint density at radius 3 is 2.53 bits per heavy atom. The fourth-order valence-electron chi connectivity index (χ4n) is 2.72. The van der Waals surface area contributed by atoms with E-state index in [9.17, 15) is 13.2 Å². The number of thiophene rings is 1. The van der Waals surface area contributed by atoms with Crippen molar-refractivity contribution < 1.29 is 22.7 Å². The number of hydrogen-bond donors (Lipinski definition) is 3. The molecular formula is C20H23N5O5S2. The van der Waals surface area contributed by atoms with Crippen LogP contribution in [-0.2, 0) is 14.8 Å². The number of aryl methyl sites for hydroxylation is 1. The van der Waals surface area contributed by atoms with Crippen LogP contribution >= 0.6 is 11.3 Å². The lowest BCUT2D eigenvalue weighted by molar-refractivity contribution is 0.0602. The number of methoxy groups -OCH3 is 2. The van der Waals surface area contributed by atoms with Crippen LogP contribution in [0.25, 0.3) is 0 Å². The van der Waals surface area contributed by atoms with E-state index < -0.39 is 16.0 Å². The molecule has 0 aliphatic heterocycles. The van der Waals surface area contributed by atoms with Crippen LogP contribution in [0.1, 0.15) is 15.4 Å². The van der Waals surface area contributed by atoms with E-state index in [0.717, 1.165) is 28.5 Å². The first kappa shape index (κ1) is 23.4. The van der Waals surface area contributed by atoms with Gasteiger partial charge in [-0.2, -0.15) is 4.98 Å². The summed E-state index contributed by atoms with van der Waals surface area (Å²) in [7, 11) is -1.06. The maximum atomic E-state index is 12.5. The number of hydrogen-bond acceptors (Lipinski definition) is 10. The molecule has 2 heterocycles. The summed E-state index contributed by atoms with van der Waals surface area (Å²) in [5.41, 5.74) is 1.57. The number of nitrogens with zero attached hydrogens (tertiary/aromatic N) is 2. The molecule has 0 aliphatic rings. The van der Waals surface area contributed by atoms with Gasteiger partial charge < -0.3 is 20.1 Å². The molecule has 170 valence electrons. The Morgan fingerprint density at radius 2 is 1.84 bits per heavy atom. The Kier molecular flexibility index (Phi) is 7.62. The topological polar surface area (TPSA) is 132 Å². The second-order valence-electron chi connectivity index (χ2n) is 6.50. The Balaban J connectivity index is 1.59. The standard InChI is InChI=1S/C20H23N5O5S2/c1-13-12-17(24-14-4-6-15(29-2)7-5-14)25-20(23-13)21-9-10-22-32(27,28)16-8-11-31-18(16)19(26)30-3/h4-8,11-12,22H,9-10H2,1-3H3,(H2,21,23,24,25). The highest BCUT2D eigenvalue weighted by Crippen LogP contribution is 2.23. The molecule has 0 aliphatic carbocycles. The smallest absolute Gasteiger partial charge is 0.349 e. The fourth-order valence-corrected chi connectivity index (χ4v) is 5.09. The first-order valence-corrected chi connectivity index (χ1v) is 11.8. The minimum absolute atomic E-state index is 0.0317. The zero-order valence-electron chi connectivity index (χ0n) is 17.7. The van der Waals surface area contributed by atoms with Gasteiger partial charge in [-0.15, -0.1) is 11.3 Å². The van der Waals surface area contributed by atoms with Gasteiger partial charge in [0.05, 0.1) is 14.2 Å². The monoisotopic (exact) mass is 477 g/mol. The highest BCUT2D eigenvalue weighted by molar-refractivity contribution is 7.89. The van der Waals surface area contributed by atoms with Crippen molar-refractivity contribution in [2.75, 3.05) is 37.9 Å². The SMILES string of the molecule is COC(=O)c1sccc1S(=O)(=O)NCCNc1nc(C)cc(Nc2ccc(OC)cc2)n1. The summed E-state index contributed by atoms with van der Waals surface area (Å²) in [5.74, 6) is 1.00. The summed E-state index contributed by atoms with van der Waals surface area (Å²) in [6, 6.07) is 10.6. The third-order valence-electron chi connectivity index (χ3n) is 4.21. The lowest BCUT2D eigenvalue weighted by Gasteiger charge is -2.11. The van der Waals surface area contributed by atoms with Gasteiger partial charge in [0, 0.05) is 30.5 Å². The van der Waals surface area contributed by atoms with E-state index in [1.165, 1.54) is 18.6 Å². The molecule has 0 amide bonds. The number of anilines is 3. The summed E-state index contributed by atoms with van der Waals surface area (Å²) in [6.07, 6.45) is 0. The van der Waals surface area contributed by atoms with Crippen molar-refractivity contribution in [3.63, 3.8) is 0 Å². The molecule has 0 atom stereocenters. The maximum Gasteiger partial charge on any atom is 0.349 e. The van der Waals surface area contributed by atoms with E-state index in [4.69, 9.17) is 4.74 Å². The van der Waals surface area contributed by atoms with Crippen LogP contribution in [0.15, 0.2) is 46.7 Å². The Morgan fingerprint density at radius 1 is 1.09 bits per heavy atom. The molecule has 0 bridgehead atoms. The molecule has 32 heavy (non-hydrogen) atoms. The molecule has 0 spiro atoms. The van der Waals surface area contributed by atoms with Gasteiger partial charge in [-0.3, -0.25) is 0 Å². The summed E-state index contributed by atoms with van der Waals surface area (Å²) < 4.78 is 37.3. The molecule has 3 aromatic rings. The van der Waals surface area contributed by atoms with E-state index in [1.807, 2.05) is 31.2 Å². The summed E-state index contributed by atoms with van der Waals surface area (Å²) in [6.45, 7) is 2.14. The number of rotatable bonds is 10. The van der Waals surface area contributed by atoms with Crippen LogP contribution in [0.3, 0.4) is 0 Å². The second-order valence-corrected chi connectivity index (χ2v) is 9.15. The predicted octanol–water partition coefficient (Wildman–Crippen LogP) is 2.78. The number of esters is 1. The lowest BCUT2D eigenvalue weighted by atomic mass is 10.3. The van der Waals surface area contributed by atoms with Crippen molar-refractivity contribution in [1.29, 1.82) is 0 Å². The first-order valence-electron chi connectivity index (χ1n) is 9.48. The number of ether oxygens (including phenoxy) is 2. The normalized spacial score (nSPS) is 11.1. The molecule has 10 nitrogen and oxygen atoms in total. The molecule has 0 fully saturated rings. The quantitative estimate of drug-likeness (QED) is 0.298. The average Bonchev–Trinajstić information content (AvgIpc) is 3.27. The minimum atomic E-state index is -3.86.